The lowest BCUT2D eigenvalue weighted by Gasteiger charge is -2.51. The number of nitrogens with one attached hydrogen (secondary N) is 1. The molecule has 50 heavy (non-hydrogen) atoms. The van der Waals surface area contributed by atoms with Gasteiger partial charge in [-0.05, 0) is 12.8 Å². The molecular weight excluding hydrogens is 662 g/mol. The van der Waals surface area contributed by atoms with Crippen molar-refractivity contribution in [3.63, 3.8) is 0 Å². The summed E-state index contributed by atoms with van der Waals surface area (Å²) in [5.74, 6) is -3.50. The second kappa shape index (κ2) is 18.3. The Labute approximate surface area is 289 Å². The molecule has 3 fully saturated rings. The number of unbranched alkanes of at least 4 members (excludes halogenated alkanes) is 1. The summed E-state index contributed by atoms with van der Waals surface area (Å²) >= 11 is 0. The maximum atomic E-state index is 12.6. The third kappa shape index (κ3) is 10.5. The highest BCUT2D eigenvalue weighted by Crippen LogP contribution is 2.38. The second-order valence-corrected chi connectivity index (χ2v) is 11.9. The molecule has 11 atom stereocenters. The van der Waals surface area contributed by atoms with Crippen LogP contribution in [0.2, 0.25) is 0 Å². The molecule has 0 spiro atoms. The molecule has 16 nitrogen and oxygen atoms in total. The van der Waals surface area contributed by atoms with Gasteiger partial charge in [0, 0.05) is 40.2 Å². The summed E-state index contributed by atoms with van der Waals surface area (Å²) in [5.41, 5.74) is 0.705. The van der Waals surface area contributed by atoms with Crippen molar-refractivity contribution < 1.29 is 71.3 Å². The fraction of sp³-hybridized carbons (Fsp3) is 0.618. The number of amides is 1. The fourth-order valence-electron chi connectivity index (χ4n) is 5.92. The number of esters is 4. The third-order valence-corrected chi connectivity index (χ3v) is 7.85. The predicted molar refractivity (Wildman–Crippen MR) is 168 cm³/mol. The van der Waals surface area contributed by atoms with Gasteiger partial charge in [0.2, 0.25) is 5.91 Å². The number of rotatable bonds is 14. The lowest BCUT2D eigenvalue weighted by atomic mass is 9.94. The van der Waals surface area contributed by atoms with Gasteiger partial charge in [-0.25, -0.2) is 0 Å². The molecule has 0 aromatic heterocycles. The largest absolute Gasteiger partial charge is 0.463 e. The van der Waals surface area contributed by atoms with Crippen molar-refractivity contribution in [2.75, 3.05) is 19.8 Å². The van der Waals surface area contributed by atoms with Crippen LogP contribution >= 0.6 is 0 Å². The molecule has 3 aliphatic heterocycles. The van der Waals surface area contributed by atoms with Crippen LogP contribution in [-0.2, 0) is 71.3 Å². The van der Waals surface area contributed by atoms with Crippen molar-refractivity contribution in [3.05, 3.63) is 48.6 Å². The Morgan fingerprint density at radius 2 is 1.48 bits per heavy atom. The summed E-state index contributed by atoms with van der Waals surface area (Å²) in [4.78, 5) is 61.5. The van der Waals surface area contributed by atoms with Gasteiger partial charge in [-0.3, -0.25) is 24.0 Å². The van der Waals surface area contributed by atoms with Crippen molar-refractivity contribution in [3.8, 4) is 0 Å². The molecule has 1 N–H and O–H groups in total. The van der Waals surface area contributed by atoms with E-state index >= 15 is 0 Å². The summed E-state index contributed by atoms with van der Waals surface area (Å²) < 4.78 is 59.6. The minimum Gasteiger partial charge on any atom is -0.463 e. The molecule has 276 valence electrons. The van der Waals surface area contributed by atoms with Crippen molar-refractivity contribution in [1.29, 1.82) is 0 Å². The molecule has 1 aromatic rings. The number of hydrogen-bond donors (Lipinski definition) is 1. The van der Waals surface area contributed by atoms with E-state index in [-0.39, 0.29) is 13.2 Å². The fourth-order valence-corrected chi connectivity index (χ4v) is 5.92. The summed E-state index contributed by atoms with van der Waals surface area (Å²) in [5, 5.41) is 2.84. The predicted octanol–water partition coefficient (Wildman–Crippen LogP) is 1.78. The van der Waals surface area contributed by atoms with Crippen LogP contribution in [0.25, 0.3) is 0 Å². The Kier molecular flexibility index (Phi) is 14.3. The van der Waals surface area contributed by atoms with E-state index in [4.69, 9.17) is 47.4 Å². The van der Waals surface area contributed by atoms with E-state index in [2.05, 4.69) is 11.9 Å². The number of carbonyl (C=O) groups is 5. The van der Waals surface area contributed by atoms with E-state index in [1.807, 2.05) is 30.3 Å². The number of fused-ring (bicyclic) bond motifs is 1. The van der Waals surface area contributed by atoms with Gasteiger partial charge in [-0.2, -0.15) is 0 Å². The van der Waals surface area contributed by atoms with Crippen LogP contribution in [0.4, 0.5) is 0 Å². The number of allylic oxidation sites excluding steroid dienone is 1. The van der Waals surface area contributed by atoms with Gasteiger partial charge >= 0.3 is 23.9 Å². The average molecular weight is 708 g/mol. The Hall–Kier alpha value is -3.93. The van der Waals surface area contributed by atoms with Gasteiger partial charge < -0.3 is 52.7 Å². The Bertz CT molecular complexity index is 1340. The van der Waals surface area contributed by atoms with Gasteiger partial charge in [0.05, 0.1) is 13.2 Å². The van der Waals surface area contributed by atoms with Gasteiger partial charge in [0.1, 0.15) is 37.1 Å². The van der Waals surface area contributed by atoms with E-state index in [1.54, 1.807) is 6.08 Å². The monoisotopic (exact) mass is 707 g/mol. The van der Waals surface area contributed by atoms with Crippen molar-refractivity contribution >= 4 is 29.8 Å². The molecule has 3 heterocycles. The number of carbonyl (C=O) groups excluding carboxylic acids is 5. The van der Waals surface area contributed by atoms with E-state index < -0.39 is 104 Å². The maximum absolute atomic E-state index is 12.6. The van der Waals surface area contributed by atoms with Crippen molar-refractivity contribution in [1.82, 2.24) is 5.32 Å². The molecule has 0 bridgehead atoms. The molecule has 0 radical (unpaired) electrons. The highest BCUT2D eigenvalue weighted by atomic mass is 16.8. The molecule has 4 rings (SSSR count). The molecule has 0 aliphatic carbocycles. The molecule has 5 unspecified atom stereocenters. The Morgan fingerprint density at radius 3 is 2.10 bits per heavy atom. The zero-order valence-electron chi connectivity index (χ0n) is 28.7. The van der Waals surface area contributed by atoms with Crippen LogP contribution in [0.1, 0.15) is 59.3 Å². The van der Waals surface area contributed by atoms with Gasteiger partial charge in [-0.1, -0.05) is 36.4 Å². The Morgan fingerprint density at radius 1 is 0.820 bits per heavy atom. The van der Waals surface area contributed by atoms with E-state index in [9.17, 15) is 24.0 Å². The average Bonchev–Trinajstić information content (AvgIpc) is 3.05. The highest BCUT2D eigenvalue weighted by molar-refractivity contribution is 5.73. The van der Waals surface area contributed by atoms with Crippen LogP contribution in [0.15, 0.2) is 43.0 Å². The summed E-state index contributed by atoms with van der Waals surface area (Å²) in [6.45, 7) is 9.40. The summed E-state index contributed by atoms with van der Waals surface area (Å²) in [6.07, 6.45) is -8.99. The van der Waals surface area contributed by atoms with Crippen molar-refractivity contribution in [2.24, 2.45) is 0 Å². The maximum Gasteiger partial charge on any atom is 0.303 e. The molecule has 3 aliphatic rings. The molecule has 0 saturated carbocycles. The lowest BCUT2D eigenvalue weighted by Crippen LogP contribution is -2.70. The van der Waals surface area contributed by atoms with Crippen LogP contribution in [0.5, 0.6) is 0 Å². The normalized spacial score (nSPS) is 32.1. The van der Waals surface area contributed by atoms with Crippen LogP contribution < -0.4 is 5.32 Å². The van der Waals surface area contributed by atoms with Gasteiger partial charge in [0.25, 0.3) is 0 Å². The van der Waals surface area contributed by atoms with E-state index in [1.165, 1.54) is 13.8 Å². The first-order valence-electron chi connectivity index (χ1n) is 16.3. The number of benzene rings is 1. The first-order valence-corrected chi connectivity index (χ1v) is 16.3. The first-order chi connectivity index (χ1) is 23.9. The van der Waals surface area contributed by atoms with Crippen LogP contribution in [-0.4, -0.2) is 111 Å². The second-order valence-electron chi connectivity index (χ2n) is 11.9. The third-order valence-electron chi connectivity index (χ3n) is 7.85. The molecular formula is C34H45NO15. The van der Waals surface area contributed by atoms with Crippen LogP contribution in [0.3, 0.4) is 0 Å². The smallest absolute Gasteiger partial charge is 0.303 e. The molecule has 3 saturated heterocycles. The summed E-state index contributed by atoms with van der Waals surface area (Å²) in [7, 11) is 0. The molecule has 1 amide bonds. The standard InChI is InChI=1S/C34H45NO15/c1-7-8-12-15-41-33-26(35-18(2)36)29(27-25(47-33)17-43-32(49-27)23-13-10-9-11-14-23)50-34-31(46-22(6)40)30(45-21(5)39)28(44-20(4)38)24(48-34)16-42-19(3)37/h7,9-11,13-14,24-34H,1,8,12,15-17H2,2-6H3,(H,35,36)/t24?,25?,26?,27-,28-,29+,30-,31?,32?,33+,34-/m0/s1. The van der Waals surface area contributed by atoms with Crippen molar-refractivity contribution in [2.45, 2.75) is 115 Å². The van der Waals surface area contributed by atoms with E-state index in [0.29, 0.717) is 18.4 Å². The topological polar surface area (TPSA) is 190 Å². The molecule has 1 aromatic carbocycles. The molecule has 16 heteroatoms. The van der Waals surface area contributed by atoms with E-state index in [0.717, 1.165) is 20.8 Å². The van der Waals surface area contributed by atoms with Gasteiger partial charge in [0.15, 0.2) is 37.2 Å². The first kappa shape index (κ1) is 38.9. The SMILES string of the molecule is C=CCCCO[C@@H]1OC2COC(c3ccccc3)O[C@@H]2[C@H](O[C@@H]2OC(COC(C)=O)[C@H](OC(C)=O)[C@H](OC(C)=O)C2OC(C)=O)C1NC(C)=O. The number of ether oxygens (including phenoxy) is 10. The zero-order chi connectivity index (χ0) is 36.4. The minimum absolute atomic E-state index is 0.0436. The quantitative estimate of drug-likeness (QED) is 0.127. The lowest BCUT2D eigenvalue weighted by molar-refractivity contribution is -0.378. The summed E-state index contributed by atoms with van der Waals surface area (Å²) in [6, 6.07) is 8.10. The Balaban J connectivity index is 1.77. The van der Waals surface area contributed by atoms with Gasteiger partial charge in [-0.15, -0.1) is 6.58 Å². The minimum atomic E-state index is -1.57. The van der Waals surface area contributed by atoms with Crippen LogP contribution in [0, 0.1) is 0 Å². The highest BCUT2D eigenvalue weighted by Gasteiger charge is 2.57. The zero-order valence-corrected chi connectivity index (χ0v) is 28.7. The number of hydrogen-bond acceptors (Lipinski definition) is 15.